The molecule has 0 aliphatic heterocycles. The second-order valence-electron chi connectivity index (χ2n) is 8.12. The van der Waals surface area contributed by atoms with E-state index in [1.165, 1.54) is 6.42 Å². The normalized spacial score (nSPS) is 14.0. The molecule has 7 heteroatoms. The van der Waals surface area contributed by atoms with E-state index in [4.69, 9.17) is 9.26 Å². The predicted molar refractivity (Wildman–Crippen MR) is 121 cm³/mol. The quantitative estimate of drug-likeness (QED) is 0.554. The number of aryl methyl sites for hydroxylation is 1. The molecule has 0 atom stereocenters. The van der Waals surface area contributed by atoms with Crippen LogP contribution >= 0.6 is 0 Å². The molecule has 1 aliphatic rings. The first-order valence-corrected chi connectivity index (χ1v) is 10.9. The number of aromatic nitrogens is 1. The first-order chi connectivity index (χ1) is 15.6. The molecule has 0 unspecified atom stereocenters. The van der Waals surface area contributed by atoms with Crippen molar-refractivity contribution in [3.8, 4) is 5.75 Å². The van der Waals surface area contributed by atoms with Gasteiger partial charge >= 0.3 is 0 Å². The van der Waals surface area contributed by atoms with E-state index in [0.717, 1.165) is 31.2 Å². The molecular weight excluding hydrogens is 406 g/mol. The number of benzene rings is 2. The maximum Gasteiger partial charge on any atom is 0.273 e. The first-order valence-electron chi connectivity index (χ1n) is 10.9. The Balaban J connectivity index is 1.27. The number of amides is 2. The van der Waals surface area contributed by atoms with Gasteiger partial charge in [-0.1, -0.05) is 42.1 Å². The Kier molecular flexibility index (Phi) is 6.84. The maximum absolute atomic E-state index is 12.4. The summed E-state index contributed by atoms with van der Waals surface area (Å²) in [6, 6.07) is 16.3. The number of carbonyl (C=O) groups excluding carboxylic acids is 2. The summed E-state index contributed by atoms with van der Waals surface area (Å²) in [7, 11) is 0. The highest BCUT2D eigenvalue weighted by molar-refractivity contribution is 6.04. The molecule has 0 saturated heterocycles. The van der Waals surface area contributed by atoms with E-state index in [1.807, 2.05) is 25.1 Å². The molecule has 32 heavy (non-hydrogen) atoms. The largest absolute Gasteiger partial charge is 0.486 e. The van der Waals surface area contributed by atoms with Crippen molar-refractivity contribution in [2.75, 3.05) is 5.32 Å². The molecule has 166 valence electrons. The summed E-state index contributed by atoms with van der Waals surface area (Å²) in [5.74, 6) is 0.711. The van der Waals surface area contributed by atoms with Crippen LogP contribution in [0.15, 0.2) is 59.1 Å². The average molecular weight is 434 g/mol. The standard InChI is InChI=1S/C25H27N3O4/c1-17-6-5-7-18(14-17)24(29)26-20-10-12-21(13-11-20)31-16-22-15-23(28-32-22)25(30)27-19-8-3-2-4-9-19/h5-7,10-15,19H,2-4,8-9,16H2,1H3,(H,26,29)(H,27,30). The van der Waals surface area contributed by atoms with E-state index >= 15 is 0 Å². The Morgan fingerprint density at radius 3 is 2.56 bits per heavy atom. The van der Waals surface area contributed by atoms with Gasteiger partial charge in [-0.25, -0.2) is 0 Å². The summed E-state index contributed by atoms with van der Waals surface area (Å²) in [5.41, 5.74) is 2.58. The molecule has 2 N–H and O–H groups in total. The molecule has 4 rings (SSSR count). The van der Waals surface area contributed by atoms with Crippen LogP contribution in [0.5, 0.6) is 5.75 Å². The average Bonchev–Trinajstić information content (AvgIpc) is 3.29. The topological polar surface area (TPSA) is 93.5 Å². The van der Waals surface area contributed by atoms with Crippen molar-refractivity contribution >= 4 is 17.5 Å². The number of carbonyl (C=O) groups is 2. The Hall–Kier alpha value is -3.61. The lowest BCUT2D eigenvalue weighted by Crippen LogP contribution is -2.36. The highest BCUT2D eigenvalue weighted by Gasteiger charge is 2.19. The zero-order valence-corrected chi connectivity index (χ0v) is 18.1. The predicted octanol–water partition coefficient (Wildman–Crippen LogP) is 4.88. The Morgan fingerprint density at radius 1 is 1.03 bits per heavy atom. The van der Waals surface area contributed by atoms with Gasteiger partial charge in [-0.3, -0.25) is 9.59 Å². The highest BCUT2D eigenvalue weighted by Crippen LogP contribution is 2.20. The summed E-state index contributed by atoms with van der Waals surface area (Å²) < 4.78 is 11.0. The Morgan fingerprint density at radius 2 is 1.81 bits per heavy atom. The van der Waals surface area contributed by atoms with Gasteiger partial charge in [0.15, 0.2) is 11.5 Å². The molecule has 0 radical (unpaired) electrons. The molecule has 2 aromatic carbocycles. The van der Waals surface area contributed by atoms with Gasteiger partial charge in [0.25, 0.3) is 11.8 Å². The van der Waals surface area contributed by atoms with Crippen LogP contribution in [0, 0.1) is 6.92 Å². The molecule has 3 aromatic rings. The van der Waals surface area contributed by atoms with Gasteiger partial charge in [0.2, 0.25) is 0 Å². The van der Waals surface area contributed by atoms with Crippen LogP contribution in [0.1, 0.15) is 64.3 Å². The number of rotatable bonds is 7. The zero-order valence-electron chi connectivity index (χ0n) is 18.1. The smallest absolute Gasteiger partial charge is 0.273 e. The van der Waals surface area contributed by atoms with Crippen LogP contribution in [-0.4, -0.2) is 23.0 Å². The summed E-state index contributed by atoms with van der Waals surface area (Å²) in [6.07, 6.45) is 5.56. The van der Waals surface area contributed by atoms with Gasteiger partial charge in [-0.05, 0) is 56.2 Å². The molecule has 0 bridgehead atoms. The SMILES string of the molecule is Cc1cccc(C(=O)Nc2ccc(OCc3cc(C(=O)NC4CCCCC4)no3)cc2)c1. The minimum Gasteiger partial charge on any atom is -0.486 e. The second kappa shape index (κ2) is 10.1. The third-order valence-corrected chi connectivity index (χ3v) is 5.51. The van der Waals surface area contributed by atoms with Gasteiger partial charge < -0.3 is 19.9 Å². The lowest BCUT2D eigenvalue weighted by Gasteiger charge is -2.22. The van der Waals surface area contributed by atoms with E-state index in [-0.39, 0.29) is 30.2 Å². The van der Waals surface area contributed by atoms with Gasteiger partial charge in [0.05, 0.1) is 0 Å². The van der Waals surface area contributed by atoms with Crippen LogP contribution in [-0.2, 0) is 6.61 Å². The second-order valence-corrected chi connectivity index (χ2v) is 8.12. The minimum absolute atomic E-state index is 0.151. The molecule has 2 amide bonds. The highest BCUT2D eigenvalue weighted by atomic mass is 16.5. The molecule has 1 fully saturated rings. The number of nitrogens with zero attached hydrogens (tertiary/aromatic N) is 1. The van der Waals surface area contributed by atoms with Crippen molar-refractivity contribution in [1.29, 1.82) is 0 Å². The Labute approximate surface area is 187 Å². The summed E-state index contributed by atoms with van der Waals surface area (Å²) in [4.78, 5) is 24.7. The van der Waals surface area contributed by atoms with E-state index in [9.17, 15) is 9.59 Å². The molecular formula is C25H27N3O4. The van der Waals surface area contributed by atoms with E-state index in [0.29, 0.717) is 22.8 Å². The van der Waals surface area contributed by atoms with Crippen molar-refractivity contribution in [2.45, 2.75) is 51.7 Å². The monoisotopic (exact) mass is 433 g/mol. The lowest BCUT2D eigenvalue weighted by molar-refractivity contribution is 0.0917. The van der Waals surface area contributed by atoms with Crippen LogP contribution in [0.3, 0.4) is 0 Å². The van der Waals surface area contributed by atoms with Crippen molar-refractivity contribution in [3.63, 3.8) is 0 Å². The van der Waals surface area contributed by atoms with Crippen LogP contribution < -0.4 is 15.4 Å². The number of ether oxygens (including phenoxy) is 1. The fourth-order valence-electron chi connectivity index (χ4n) is 3.77. The van der Waals surface area contributed by atoms with E-state index in [1.54, 1.807) is 36.4 Å². The van der Waals surface area contributed by atoms with E-state index in [2.05, 4.69) is 15.8 Å². The number of nitrogens with one attached hydrogen (secondary N) is 2. The maximum atomic E-state index is 12.4. The van der Waals surface area contributed by atoms with Crippen molar-refractivity contribution in [3.05, 3.63) is 77.2 Å². The Bertz CT molecular complexity index is 1070. The number of hydrogen-bond acceptors (Lipinski definition) is 5. The van der Waals surface area contributed by atoms with E-state index < -0.39 is 0 Å². The number of hydrogen-bond donors (Lipinski definition) is 2. The van der Waals surface area contributed by atoms with Crippen LogP contribution in [0.25, 0.3) is 0 Å². The summed E-state index contributed by atoms with van der Waals surface area (Å²) in [6.45, 7) is 2.10. The number of anilines is 1. The third-order valence-electron chi connectivity index (χ3n) is 5.51. The van der Waals surface area contributed by atoms with Gasteiger partial charge in [0, 0.05) is 23.4 Å². The van der Waals surface area contributed by atoms with Crippen molar-refractivity contribution in [2.24, 2.45) is 0 Å². The minimum atomic E-state index is -0.208. The summed E-state index contributed by atoms with van der Waals surface area (Å²) in [5, 5.41) is 9.75. The molecule has 1 heterocycles. The molecule has 1 aliphatic carbocycles. The third kappa shape index (κ3) is 5.75. The summed E-state index contributed by atoms with van der Waals surface area (Å²) >= 11 is 0. The zero-order chi connectivity index (χ0) is 22.3. The van der Waals surface area contributed by atoms with Gasteiger partial charge in [0.1, 0.15) is 12.4 Å². The lowest BCUT2D eigenvalue weighted by atomic mass is 9.95. The van der Waals surface area contributed by atoms with Gasteiger partial charge in [-0.2, -0.15) is 0 Å². The molecule has 1 saturated carbocycles. The van der Waals surface area contributed by atoms with Crippen LogP contribution in [0.2, 0.25) is 0 Å². The molecule has 1 aromatic heterocycles. The first kappa shape index (κ1) is 21.6. The van der Waals surface area contributed by atoms with Gasteiger partial charge in [-0.15, -0.1) is 0 Å². The fourth-order valence-corrected chi connectivity index (χ4v) is 3.77. The fraction of sp³-hybridized carbons (Fsp3) is 0.320. The molecule has 0 spiro atoms. The molecule has 7 nitrogen and oxygen atoms in total. The van der Waals surface area contributed by atoms with Crippen molar-refractivity contribution in [1.82, 2.24) is 10.5 Å². The van der Waals surface area contributed by atoms with Crippen molar-refractivity contribution < 1.29 is 18.8 Å². The van der Waals surface area contributed by atoms with Crippen LogP contribution in [0.4, 0.5) is 5.69 Å².